The van der Waals surface area contributed by atoms with E-state index in [0.717, 1.165) is 22.3 Å². The molecule has 4 heteroatoms. The summed E-state index contributed by atoms with van der Waals surface area (Å²) in [6.07, 6.45) is 1.09. The van der Waals surface area contributed by atoms with Gasteiger partial charge >= 0.3 is 0 Å². The van der Waals surface area contributed by atoms with Gasteiger partial charge in [0.2, 0.25) is 11.8 Å². The van der Waals surface area contributed by atoms with Crippen molar-refractivity contribution in [1.82, 2.24) is 10.6 Å². The van der Waals surface area contributed by atoms with Crippen molar-refractivity contribution in [3.05, 3.63) is 144 Å². The summed E-state index contributed by atoms with van der Waals surface area (Å²) in [6.45, 7) is 4.23. The topological polar surface area (TPSA) is 58.2 Å². The van der Waals surface area contributed by atoms with E-state index in [2.05, 4.69) is 24.5 Å². The van der Waals surface area contributed by atoms with Crippen LogP contribution >= 0.6 is 0 Å². The van der Waals surface area contributed by atoms with E-state index in [9.17, 15) is 9.59 Å². The molecule has 4 aromatic carbocycles. The van der Waals surface area contributed by atoms with Crippen molar-refractivity contribution in [2.75, 3.05) is 0 Å². The van der Waals surface area contributed by atoms with Crippen LogP contribution in [0.2, 0.25) is 0 Å². The third-order valence-corrected chi connectivity index (χ3v) is 8.34. The first kappa shape index (κ1) is 26.4. The molecule has 1 aliphatic carbocycles. The number of carbonyl (C=O) groups excluding carboxylic acids is 2. The number of rotatable bonds is 9. The minimum Gasteiger partial charge on any atom is -0.345 e. The second-order valence-electron chi connectivity index (χ2n) is 11.1. The average molecular weight is 517 g/mol. The molecule has 2 atom stereocenters. The summed E-state index contributed by atoms with van der Waals surface area (Å²) in [4.78, 5) is 26.9. The van der Waals surface area contributed by atoms with Crippen molar-refractivity contribution >= 4 is 11.8 Å². The first-order valence-electron chi connectivity index (χ1n) is 13.7. The zero-order valence-corrected chi connectivity index (χ0v) is 22.6. The third kappa shape index (κ3) is 5.96. The Bertz CT molecular complexity index is 1290. The van der Waals surface area contributed by atoms with Gasteiger partial charge in [0.1, 0.15) is 0 Å². The van der Waals surface area contributed by atoms with Gasteiger partial charge in [0.15, 0.2) is 0 Å². The quantitative estimate of drug-likeness (QED) is 0.256. The van der Waals surface area contributed by atoms with Gasteiger partial charge in [-0.1, -0.05) is 135 Å². The predicted molar refractivity (Wildman–Crippen MR) is 156 cm³/mol. The molecule has 198 valence electrons. The van der Waals surface area contributed by atoms with E-state index in [-0.39, 0.29) is 41.1 Å². The Morgan fingerprint density at radius 3 is 1.36 bits per heavy atom. The lowest BCUT2D eigenvalue weighted by Crippen LogP contribution is -2.54. The second kappa shape index (κ2) is 11.7. The Balaban J connectivity index is 1.25. The summed E-state index contributed by atoms with van der Waals surface area (Å²) >= 11 is 0. The molecule has 0 saturated heterocycles. The normalized spacial score (nSPS) is 17.8. The van der Waals surface area contributed by atoms with E-state index < -0.39 is 0 Å². The van der Waals surface area contributed by atoms with Crippen LogP contribution in [-0.2, 0) is 9.59 Å². The van der Waals surface area contributed by atoms with E-state index in [4.69, 9.17) is 0 Å². The fourth-order valence-electron chi connectivity index (χ4n) is 5.79. The third-order valence-electron chi connectivity index (χ3n) is 8.34. The Hall–Kier alpha value is -4.18. The summed E-state index contributed by atoms with van der Waals surface area (Å²) in [6, 6.07) is 39.8. The zero-order chi connectivity index (χ0) is 27.2. The maximum absolute atomic E-state index is 13.6. The number of nitrogens with one attached hydrogen (secondary N) is 2. The number of hydrogen-bond donors (Lipinski definition) is 2. The van der Waals surface area contributed by atoms with Crippen molar-refractivity contribution in [2.24, 2.45) is 17.3 Å². The first-order chi connectivity index (χ1) is 18.9. The van der Waals surface area contributed by atoms with Gasteiger partial charge in [-0.05, 0) is 40.0 Å². The van der Waals surface area contributed by atoms with Gasteiger partial charge in [0, 0.05) is 12.3 Å². The fraction of sp³-hybridized carbons (Fsp3) is 0.257. The molecule has 5 rings (SSSR count). The molecule has 0 aliphatic heterocycles. The van der Waals surface area contributed by atoms with Crippen LogP contribution in [0.4, 0.5) is 0 Å². The lowest BCUT2D eigenvalue weighted by Gasteiger charge is -2.51. The van der Waals surface area contributed by atoms with Crippen molar-refractivity contribution in [2.45, 2.75) is 38.8 Å². The van der Waals surface area contributed by atoms with Gasteiger partial charge in [-0.25, -0.2) is 0 Å². The summed E-state index contributed by atoms with van der Waals surface area (Å²) in [7, 11) is 0. The molecule has 4 nitrogen and oxygen atoms in total. The van der Waals surface area contributed by atoms with Crippen molar-refractivity contribution < 1.29 is 9.59 Å². The van der Waals surface area contributed by atoms with Crippen LogP contribution in [0.5, 0.6) is 0 Å². The summed E-state index contributed by atoms with van der Waals surface area (Å²) in [5.74, 6) is 0.0357. The zero-order valence-electron chi connectivity index (χ0n) is 22.6. The first-order valence-corrected chi connectivity index (χ1v) is 13.7. The van der Waals surface area contributed by atoms with Crippen LogP contribution in [0.1, 0.15) is 61.0 Å². The highest BCUT2D eigenvalue weighted by molar-refractivity contribution is 5.83. The molecule has 1 aliphatic rings. The number of hydrogen-bond acceptors (Lipinski definition) is 2. The van der Waals surface area contributed by atoms with E-state index >= 15 is 0 Å². The molecule has 0 heterocycles. The van der Waals surface area contributed by atoms with Crippen molar-refractivity contribution in [3.63, 3.8) is 0 Å². The van der Waals surface area contributed by atoms with Crippen LogP contribution in [0.3, 0.4) is 0 Å². The highest BCUT2D eigenvalue weighted by atomic mass is 16.2. The van der Waals surface area contributed by atoms with E-state index in [0.29, 0.717) is 12.8 Å². The second-order valence-corrected chi connectivity index (χ2v) is 11.1. The lowest BCUT2D eigenvalue weighted by atomic mass is 9.53. The molecule has 0 radical (unpaired) electrons. The Morgan fingerprint density at radius 2 is 1.00 bits per heavy atom. The lowest BCUT2D eigenvalue weighted by molar-refractivity contribution is -0.145. The van der Waals surface area contributed by atoms with Crippen LogP contribution in [0, 0.1) is 17.3 Å². The average Bonchev–Trinajstić information content (AvgIpc) is 2.98. The molecule has 2 N–H and O–H groups in total. The predicted octanol–water partition coefficient (Wildman–Crippen LogP) is 6.85. The van der Waals surface area contributed by atoms with E-state index in [1.165, 1.54) is 0 Å². The molecule has 4 aromatic rings. The van der Waals surface area contributed by atoms with Crippen LogP contribution in [0.25, 0.3) is 0 Å². The fourth-order valence-corrected chi connectivity index (χ4v) is 5.79. The maximum atomic E-state index is 13.6. The smallest absolute Gasteiger partial charge is 0.224 e. The highest BCUT2D eigenvalue weighted by Gasteiger charge is 2.52. The Labute approximate surface area is 231 Å². The minimum absolute atomic E-state index is 0.0103. The van der Waals surface area contributed by atoms with Gasteiger partial charge in [0.05, 0.1) is 12.1 Å². The largest absolute Gasteiger partial charge is 0.345 e. The summed E-state index contributed by atoms with van der Waals surface area (Å²) < 4.78 is 0. The monoisotopic (exact) mass is 516 g/mol. The molecule has 0 bridgehead atoms. The standard InChI is InChI=1S/C35H36N2O2/c1-35(2)29(24-31(38)36-32(25-15-7-3-8-16-25)26-17-9-4-10-18-26)23-30(35)34(39)37-33(27-19-11-5-12-20-27)28-21-13-6-14-22-28/h3-22,29-30,32-33H,23-24H2,1-2H3,(H,36,38)(H,37,39)/t29-,30+/m0/s1. The summed E-state index contributed by atoms with van der Waals surface area (Å²) in [5, 5.41) is 6.58. The molecule has 0 aromatic heterocycles. The maximum Gasteiger partial charge on any atom is 0.224 e. The van der Waals surface area contributed by atoms with Crippen LogP contribution < -0.4 is 10.6 Å². The molecule has 1 fully saturated rings. The molecule has 1 saturated carbocycles. The molecule has 39 heavy (non-hydrogen) atoms. The van der Waals surface area contributed by atoms with Crippen molar-refractivity contribution in [1.29, 1.82) is 0 Å². The van der Waals surface area contributed by atoms with Crippen LogP contribution in [0.15, 0.2) is 121 Å². The number of carbonyl (C=O) groups is 2. The van der Waals surface area contributed by atoms with Crippen LogP contribution in [-0.4, -0.2) is 11.8 Å². The number of benzene rings is 4. The summed E-state index contributed by atoms with van der Waals surface area (Å²) in [5.41, 5.74) is 3.93. The number of amides is 2. The molecule has 2 amide bonds. The molecular formula is C35H36N2O2. The SMILES string of the molecule is CC1(C)[C@H](CC(=O)NC(c2ccccc2)c2ccccc2)C[C@@H]1C(=O)NC(c1ccccc1)c1ccccc1. The van der Waals surface area contributed by atoms with Crippen molar-refractivity contribution in [3.8, 4) is 0 Å². The minimum atomic E-state index is -0.283. The van der Waals surface area contributed by atoms with E-state index in [1.807, 2.05) is 121 Å². The Morgan fingerprint density at radius 1 is 0.641 bits per heavy atom. The van der Waals surface area contributed by atoms with Gasteiger partial charge in [0.25, 0.3) is 0 Å². The van der Waals surface area contributed by atoms with E-state index in [1.54, 1.807) is 0 Å². The highest BCUT2D eigenvalue weighted by Crippen LogP contribution is 2.53. The van der Waals surface area contributed by atoms with Gasteiger partial charge < -0.3 is 10.6 Å². The molecule has 0 spiro atoms. The van der Waals surface area contributed by atoms with Gasteiger partial charge in [-0.3, -0.25) is 9.59 Å². The molecular weight excluding hydrogens is 480 g/mol. The Kier molecular flexibility index (Phi) is 7.92. The van der Waals surface area contributed by atoms with Gasteiger partial charge in [-0.2, -0.15) is 0 Å². The molecule has 0 unspecified atom stereocenters. The van der Waals surface area contributed by atoms with Gasteiger partial charge in [-0.15, -0.1) is 0 Å².